The highest BCUT2D eigenvalue weighted by atomic mass is 79.9. The van der Waals surface area contributed by atoms with Crippen molar-refractivity contribution in [2.75, 3.05) is 5.73 Å². The summed E-state index contributed by atoms with van der Waals surface area (Å²) in [4.78, 5) is 18.1. The topological polar surface area (TPSA) is 101 Å². The first-order chi connectivity index (χ1) is 16.3. The number of imidazole rings is 1. The second-order valence-corrected chi connectivity index (χ2v) is 10.7. The Labute approximate surface area is 206 Å². The molecule has 3 aliphatic heterocycles. The normalized spacial score (nSPS) is 25.9. The van der Waals surface area contributed by atoms with Gasteiger partial charge in [0.05, 0.1) is 34.2 Å². The summed E-state index contributed by atoms with van der Waals surface area (Å²) in [6.45, 7) is 5.95. The van der Waals surface area contributed by atoms with Crippen molar-refractivity contribution in [2.24, 2.45) is 5.92 Å². The lowest BCUT2D eigenvalue weighted by atomic mass is 9.95. The number of nitrogens with two attached hydrogens (primary N) is 1. The van der Waals surface area contributed by atoms with Crippen LogP contribution >= 0.6 is 15.9 Å². The maximum Gasteiger partial charge on any atom is 0.163 e. The second kappa shape index (κ2) is 7.96. The third kappa shape index (κ3) is 3.66. The summed E-state index contributed by atoms with van der Waals surface area (Å²) >= 11 is 3.46. The van der Waals surface area contributed by atoms with Gasteiger partial charge in [0, 0.05) is 5.39 Å². The third-order valence-corrected chi connectivity index (χ3v) is 7.75. The van der Waals surface area contributed by atoms with E-state index in [2.05, 4.69) is 58.6 Å². The van der Waals surface area contributed by atoms with Gasteiger partial charge in [-0.05, 0) is 79.6 Å². The van der Waals surface area contributed by atoms with Crippen molar-refractivity contribution in [3.05, 3.63) is 52.7 Å². The molecule has 1 aromatic carbocycles. The number of aryl methyl sites for hydroxylation is 2. The highest BCUT2D eigenvalue weighted by molar-refractivity contribution is 9.10. The quantitative estimate of drug-likeness (QED) is 0.414. The zero-order chi connectivity index (χ0) is 23.6. The van der Waals surface area contributed by atoms with Crippen LogP contribution in [0.1, 0.15) is 44.0 Å². The Balaban J connectivity index is 1.27. The number of benzene rings is 1. The number of aromatic nitrogens is 5. The molecular formula is C25H27BrN6O2. The van der Waals surface area contributed by atoms with E-state index in [0.717, 1.165) is 51.9 Å². The summed E-state index contributed by atoms with van der Waals surface area (Å²) in [6, 6.07) is 8.53. The molecule has 0 spiro atoms. The number of hydrogen-bond acceptors (Lipinski definition) is 7. The van der Waals surface area contributed by atoms with E-state index in [0.29, 0.717) is 11.7 Å². The van der Waals surface area contributed by atoms with Crippen LogP contribution < -0.4 is 5.73 Å². The summed E-state index contributed by atoms with van der Waals surface area (Å²) in [6.07, 6.45) is 6.32. The molecular weight excluding hydrogens is 496 g/mol. The molecule has 1 aromatic heterocycles. The molecule has 2 fully saturated rings. The van der Waals surface area contributed by atoms with E-state index >= 15 is 0 Å². The summed E-state index contributed by atoms with van der Waals surface area (Å²) in [5.41, 5.74) is 9.89. The molecule has 0 amide bonds. The van der Waals surface area contributed by atoms with Crippen LogP contribution in [-0.2, 0) is 15.9 Å². The van der Waals surface area contributed by atoms with Crippen molar-refractivity contribution in [2.45, 2.75) is 64.1 Å². The molecule has 2 aromatic rings. The van der Waals surface area contributed by atoms with Crippen LogP contribution in [0.25, 0.3) is 22.4 Å². The second-order valence-electron chi connectivity index (χ2n) is 9.83. The van der Waals surface area contributed by atoms with E-state index in [4.69, 9.17) is 15.2 Å². The van der Waals surface area contributed by atoms with Crippen LogP contribution in [0.15, 0.2) is 41.4 Å². The lowest BCUT2D eigenvalue weighted by Gasteiger charge is -2.26. The molecule has 4 heterocycles. The van der Waals surface area contributed by atoms with E-state index < -0.39 is 5.79 Å². The van der Waals surface area contributed by atoms with Crippen molar-refractivity contribution in [3.63, 3.8) is 0 Å². The third-order valence-electron chi connectivity index (χ3n) is 7.12. The number of nitrogens with zero attached hydrogens (tertiary/aromatic N) is 5. The zero-order valence-electron chi connectivity index (χ0n) is 19.4. The average Bonchev–Trinajstić information content (AvgIpc) is 3.48. The van der Waals surface area contributed by atoms with E-state index in [9.17, 15) is 0 Å². The number of halogens is 1. The van der Waals surface area contributed by atoms with Crippen molar-refractivity contribution >= 4 is 32.7 Å². The fourth-order valence-corrected chi connectivity index (χ4v) is 5.87. The van der Waals surface area contributed by atoms with Gasteiger partial charge in [-0.3, -0.25) is 0 Å². The SMILES string of the molecule is Cc1ncn([C@@H]2C[C@H](CCc3ccc4cc(Br)c(N)nc4c3)[C@H]3OC(C)(C)O[C@H]32)c2ncnc1-2. The van der Waals surface area contributed by atoms with Crippen LogP contribution in [0.3, 0.4) is 0 Å². The van der Waals surface area contributed by atoms with E-state index in [-0.39, 0.29) is 18.2 Å². The fourth-order valence-electron chi connectivity index (χ4n) is 5.53. The van der Waals surface area contributed by atoms with E-state index in [1.54, 1.807) is 6.33 Å². The number of rotatable bonds is 4. The van der Waals surface area contributed by atoms with Crippen molar-refractivity contribution in [1.29, 1.82) is 0 Å². The average molecular weight is 523 g/mol. The number of ether oxygens (including phenoxy) is 2. The van der Waals surface area contributed by atoms with Gasteiger partial charge >= 0.3 is 0 Å². The molecule has 2 N–H and O–H groups in total. The Hall–Kier alpha value is -2.62. The summed E-state index contributed by atoms with van der Waals surface area (Å²) in [7, 11) is 0. The van der Waals surface area contributed by atoms with Gasteiger partial charge in [-0.2, -0.15) is 0 Å². The molecule has 0 radical (unpaired) electrons. The Kier molecular flexibility index (Phi) is 5.13. The lowest BCUT2D eigenvalue weighted by molar-refractivity contribution is -0.160. The largest absolute Gasteiger partial charge is 0.383 e. The molecule has 1 saturated heterocycles. The first kappa shape index (κ1) is 21.9. The summed E-state index contributed by atoms with van der Waals surface area (Å²) < 4.78 is 15.8. The van der Waals surface area contributed by atoms with Crippen LogP contribution in [0.5, 0.6) is 0 Å². The van der Waals surface area contributed by atoms with Crippen LogP contribution in [0, 0.1) is 12.8 Å². The Morgan fingerprint density at radius 2 is 1.97 bits per heavy atom. The number of anilines is 1. The summed E-state index contributed by atoms with van der Waals surface area (Å²) in [5, 5.41) is 1.07. The minimum absolute atomic E-state index is 0.0250. The molecule has 1 aliphatic carbocycles. The fraction of sp³-hybridized carbons (Fsp3) is 0.440. The van der Waals surface area contributed by atoms with Gasteiger partial charge in [-0.1, -0.05) is 12.1 Å². The molecule has 4 atom stereocenters. The van der Waals surface area contributed by atoms with Crippen molar-refractivity contribution in [1.82, 2.24) is 24.5 Å². The number of hydrogen-bond donors (Lipinski definition) is 1. The van der Waals surface area contributed by atoms with Crippen LogP contribution in [0.4, 0.5) is 5.82 Å². The van der Waals surface area contributed by atoms with Crippen LogP contribution in [-0.4, -0.2) is 42.5 Å². The highest BCUT2D eigenvalue weighted by Crippen LogP contribution is 2.49. The summed E-state index contributed by atoms with van der Waals surface area (Å²) in [5.74, 6) is 1.10. The van der Waals surface area contributed by atoms with Crippen molar-refractivity contribution in [3.8, 4) is 11.5 Å². The first-order valence-electron chi connectivity index (χ1n) is 11.6. The monoisotopic (exact) mass is 522 g/mol. The molecule has 1 saturated carbocycles. The maximum absolute atomic E-state index is 6.42. The number of pyridine rings is 1. The van der Waals surface area contributed by atoms with Gasteiger partial charge in [0.25, 0.3) is 0 Å². The number of fused-ring (bicyclic) bond motifs is 3. The minimum Gasteiger partial charge on any atom is -0.383 e. The molecule has 176 valence electrons. The number of nitrogen functional groups attached to an aromatic ring is 1. The molecule has 6 rings (SSSR count). The lowest BCUT2D eigenvalue weighted by Crippen LogP contribution is -2.28. The van der Waals surface area contributed by atoms with Crippen molar-refractivity contribution < 1.29 is 9.47 Å². The molecule has 0 unspecified atom stereocenters. The van der Waals surface area contributed by atoms with Crippen LogP contribution in [0.2, 0.25) is 0 Å². The molecule has 9 heteroatoms. The van der Waals surface area contributed by atoms with Gasteiger partial charge < -0.3 is 19.8 Å². The Morgan fingerprint density at radius 3 is 2.82 bits per heavy atom. The van der Waals surface area contributed by atoms with Gasteiger partial charge in [0.1, 0.15) is 23.9 Å². The van der Waals surface area contributed by atoms with E-state index in [1.807, 2.05) is 33.2 Å². The van der Waals surface area contributed by atoms with E-state index in [1.165, 1.54) is 5.56 Å². The first-order valence-corrected chi connectivity index (χ1v) is 12.4. The minimum atomic E-state index is -0.612. The molecule has 0 bridgehead atoms. The van der Waals surface area contributed by atoms with Gasteiger partial charge in [0.15, 0.2) is 11.6 Å². The highest BCUT2D eigenvalue weighted by Gasteiger charge is 2.54. The standard InChI is InChI=1S/C25H27BrN6O2/c1-13-20-24(29-11-28-20)32(12-30-13)19-10-16(21-22(19)34-25(2,3)33-21)7-5-14-4-6-15-9-17(26)23(27)31-18(15)8-14/h4,6,8-9,11-12,16,19,21-22H,5,7,10H2,1-3H3,(H2,27,31)/t16-,19+,21+,22-/m0/s1. The molecule has 4 aliphatic rings. The molecule has 8 nitrogen and oxygen atoms in total. The molecule has 34 heavy (non-hydrogen) atoms. The van der Waals surface area contributed by atoms with Gasteiger partial charge in [0.2, 0.25) is 0 Å². The van der Waals surface area contributed by atoms with Gasteiger partial charge in [-0.25, -0.2) is 19.9 Å². The van der Waals surface area contributed by atoms with Gasteiger partial charge in [-0.15, -0.1) is 0 Å². The smallest absolute Gasteiger partial charge is 0.163 e. The maximum atomic E-state index is 6.42. The predicted octanol–water partition coefficient (Wildman–Crippen LogP) is 4.69. The Bertz CT molecular complexity index is 1350. The predicted molar refractivity (Wildman–Crippen MR) is 132 cm³/mol. The zero-order valence-corrected chi connectivity index (χ0v) is 21.0. The Morgan fingerprint density at radius 1 is 1.15 bits per heavy atom.